The lowest BCUT2D eigenvalue weighted by molar-refractivity contribution is 0.0946. The third kappa shape index (κ3) is 4.37. The van der Waals surface area contributed by atoms with Crippen LogP contribution in [0.1, 0.15) is 64.1 Å². The van der Waals surface area contributed by atoms with Crippen molar-refractivity contribution in [2.75, 3.05) is 0 Å². The van der Waals surface area contributed by atoms with Crippen LogP contribution in [0.25, 0.3) is 0 Å². The first-order valence-corrected chi connectivity index (χ1v) is 10.6. The average molecular weight is 386 g/mol. The van der Waals surface area contributed by atoms with Gasteiger partial charge in [-0.05, 0) is 53.4 Å². The van der Waals surface area contributed by atoms with Crippen LogP contribution in [0.15, 0.2) is 41.8 Å². The van der Waals surface area contributed by atoms with Crippen molar-refractivity contribution in [1.82, 2.24) is 14.9 Å². The first-order chi connectivity index (χ1) is 12.7. The average Bonchev–Trinajstić information content (AvgIpc) is 3.36. The summed E-state index contributed by atoms with van der Waals surface area (Å²) < 4.78 is 3.93. The van der Waals surface area contributed by atoms with Gasteiger partial charge in [0.2, 0.25) is 0 Å². The number of hydrogen-bond donors (Lipinski definition) is 1. The van der Waals surface area contributed by atoms with E-state index in [1.54, 1.807) is 11.3 Å². The van der Waals surface area contributed by atoms with Gasteiger partial charge in [0.25, 0.3) is 5.91 Å². The number of aromatic nitrogens is 2. The highest BCUT2D eigenvalue weighted by Gasteiger charge is 2.22. The molecule has 2 aromatic heterocycles. The van der Waals surface area contributed by atoms with Crippen LogP contribution < -0.4 is 5.32 Å². The molecule has 0 aliphatic heterocycles. The van der Waals surface area contributed by atoms with E-state index in [2.05, 4.69) is 52.2 Å². The summed E-state index contributed by atoms with van der Waals surface area (Å²) >= 11 is 2.81. The largest absolute Gasteiger partial charge is 0.339 e. The highest BCUT2D eigenvalue weighted by atomic mass is 32.1. The molecule has 3 rings (SSSR count). The third-order valence-electron chi connectivity index (χ3n) is 4.33. The number of hydrogen-bond acceptors (Lipinski definition) is 5. The van der Waals surface area contributed by atoms with E-state index in [-0.39, 0.29) is 11.9 Å². The minimum atomic E-state index is -0.158. The fourth-order valence-corrected chi connectivity index (χ4v) is 4.30. The molecule has 136 valence electrons. The second kappa shape index (κ2) is 9.05. The maximum Gasteiger partial charge on any atom is 0.265 e. The summed E-state index contributed by atoms with van der Waals surface area (Å²) in [7, 11) is 0. The van der Waals surface area contributed by atoms with Crippen LogP contribution in [0.2, 0.25) is 0 Å². The summed E-state index contributed by atoms with van der Waals surface area (Å²) in [5.41, 5.74) is 3.19. The molecule has 1 amide bonds. The molecule has 0 radical (unpaired) electrons. The molecule has 0 fully saturated rings. The van der Waals surface area contributed by atoms with Crippen LogP contribution in [-0.4, -0.2) is 15.5 Å². The maximum atomic E-state index is 12.8. The number of nitrogens with zero attached hydrogens (tertiary/aromatic N) is 2. The molecule has 3 aromatic rings. The van der Waals surface area contributed by atoms with Crippen LogP contribution in [0.5, 0.6) is 0 Å². The van der Waals surface area contributed by atoms with Crippen LogP contribution in [0, 0.1) is 0 Å². The van der Waals surface area contributed by atoms with Crippen molar-refractivity contribution in [3.05, 3.63) is 68.4 Å². The van der Waals surface area contributed by atoms with Gasteiger partial charge in [0.05, 0.1) is 11.7 Å². The molecule has 0 saturated heterocycles. The fourth-order valence-electron chi connectivity index (χ4n) is 2.84. The molecule has 0 aliphatic carbocycles. The van der Waals surface area contributed by atoms with Crippen LogP contribution >= 0.6 is 22.9 Å². The first kappa shape index (κ1) is 18.7. The zero-order valence-electron chi connectivity index (χ0n) is 15.1. The molecule has 0 spiro atoms. The van der Waals surface area contributed by atoms with E-state index in [0.717, 1.165) is 34.1 Å². The number of carbonyl (C=O) groups is 1. The van der Waals surface area contributed by atoms with Gasteiger partial charge >= 0.3 is 0 Å². The third-order valence-corrected chi connectivity index (χ3v) is 6.04. The molecule has 1 aromatic carbocycles. The van der Waals surface area contributed by atoms with Crippen molar-refractivity contribution in [2.45, 2.75) is 45.6 Å². The van der Waals surface area contributed by atoms with E-state index in [4.69, 9.17) is 0 Å². The maximum absolute atomic E-state index is 12.8. The van der Waals surface area contributed by atoms with Crippen molar-refractivity contribution in [3.63, 3.8) is 0 Å². The summed E-state index contributed by atoms with van der Waals surface area (Å²) in [6, 6.07) is 12.5. The van der Waals surface area contributed by atoms with E-state index >= 15 is 0 Å². The Morgan fingerprint density at radius 2 is 2.00 bits per heavy atom. The number of aryl methyl sites for hydroxylation is 2. The minimum Gasteiger partial charge on any atom is -0.339 e. The number of nitrogens with one attached hydrogen (secondary N) is 1. The second-order valence-electron chi connectivity index (χ2n) is 6.17. The Labute approximate surface area is 162 Å². The second-order valence-corrected chi connectivity index (χ2v) is 7.90. The van der Waals surface area contributed by atoms with Gasteiger partial charge in [-0.3, -0.25) is 4.79 Å². The van der Waals surface area contributed by atoms with Gasteiger partial charge in [-0.15, -0.1) is 16.4 Å². The Bertz CT molecular complexity index is 825. The Balaban J connectivity index is 1.83. The van der Waals surface area contributed by atoms with Crippen LogP contribution in [-0.2, 0) is 12.8 Å². The van der Waals surface area contributed by atoms with E-state index in [1.165, 1.54) is 18.4 Å². The van der Waals surface area contributed by atoms with E-state index in [1.807, 2.05) is 18.4 Å². The number of benzene rings is 1. The Morgan fingerprint density at radius 3 is 2.65 bits per heavy atom. The Morgan fingerprint density at radius 1 is 1.19 bits per heavy atom. The lowest BCUT2D eigenvalue weighted by Crippen LogP contribution is -2.29. The standard InChI is InChI=1S/C20H23N3OS2/c1-3-5-7-14-9-11-15(12-10-14)18(17-8-6-13-25-17)21-20(24)19-16(4-2)22-23-26-19/h6,8-13,18H,3-5,7H2,1-2H3,(H,21,24). The van der Waals surface area contributed by atoms with Crippen LogP contribution in [0.4, 0.5) is 0 Å². The number of carbonyl (C=O) groups excluding carboxylic acids is 1. The molecule has 4 nitrogen and oxygen atoms in total. The molecule has 6 heteroatoms. The lowest BCUT2D eigenvalue weighted by atomic mass is 10.0. The highest BCUT2D eigenvalue weighted by Crippen LogP contribution is 2.27. The normalized spacial score (nSPS) is 12.1. The van der Waals surface area contributed by atoms with Gasteiger partial charge in [0, 0.05) is 4.88 Å². The van der Waals surface area contributed by atoms with E-state index in [0.29, 0.717) is 11.3 Å². The number of unbranched alkanes of at least 4 members (excludes halogenated alkanes) is 1. The molecular formula is C20H23N3OS2. The molecule has 0 aliphatic rings. The molecular weight excluding hydrogens is 362 g/mol. The summed E-state index contributed by atoms with van der Waals surface area (Å²) in [6.45, 7) is 4.19. The molecule has 1 N–H and O–H groups in total. The summed E-state index contributed by atoms with van der Waals surface area (Å²) in [5.74, 6) is -0.106. The predicted molar refractivity (Wildman–Crippen MR) is 108 cm³/mol. The van der Waals surface area contributed by atoms with Crippen molar-refractivity contribution in [2.24, 2.45) is 0 Å². The van der Waals surface area contributed by atoms with Gasteiger partial charge < -0.3 is 5.32 Å². The van der Waals surface area contributed by atoms with Crippen molar-refractivity contribution in [1.29, 1.82) is 0 Å². The summed E-state index contributed by atoms with van der Waals surface area (Å²) in [5, 5.41) is 9.26. The van der Waals surface area contributed by atoms with Gasteiger partial charge in [-0.25, -0.2) is 0 Å². The van der Waals surface area contributed by atoms with Gasteiger partial charge in [0.1, 0.15) is 4.88 Å². The Kier molecular flexibility index (Phi) is 6.52. The van der Waals surface area contributed by atoms with Crippen molar-refractivity contribution < 1.29 is 4.79 Å². The van der Waals surface area contributed by atoms with Crippen LogP contribution in [0.3, 0.4) is 0 Å². The van der Waals surface area contributed by atoms with Crippen molar-refractivity contribution >= 4 is 28.8 Å². The molecule has 0 bridgehead atoms. The molecule has 0 saturated carbocycles. The van der Waals surface area contributed by atoms with Gasteiger partial charge in [0.15, 0.2) is 0 Å². The smallest absolute Gasteiger partial charge is 0.265 e. The molecule has 1 unspecified atom stereocenters. The lowest BCUT2D eigenvalue weighted by Gasteiger charge is -2.18. The molecule has 2 heterocycles. The quantitative estimate of drug-likeness (QED) is 0.592. The topological polar surface area (TPSA) is 54.9 Å². The Hall–Kier alpha value is -2.05. The zero-order valence-corrected chi connectivity index (χ0v) is 16.7. The summed E-state index contributed by atoms with van der Waals surface area (Å²) in [6.07, 6.45) is 4.19. The molecule has 1 atom stereocenters. The number of thiophene rings is 1. The van der Waals surface area contributed by atoms with Gasteiger partial charge in [-0.1, -0.05) is 55.1 Å². The van der Waals surface area contributed by atoms with E-state index < -0.39 is 0 Å². The predicted octanol–water partition coefficient (Wildman–Crippen LogP) is 5.02. The SMILES string of the molecule is CCCCc1ccc(C(NC(=O)c2snnc2CC)c2cccs2)cc1. The molecule has 26 heavy (non-hydrogen) atoms. The zero-order chi connectivity index (χ0) is 18.4. The van der Waals surface area contributed by atoms with Gasteiger partial charge in [-0.2, -0.15) is 0 Å². The summed E-state index contributed by atoms with van der Waals surface area (Å²) in [4.78, 5) is 14.5. The first-order valence-electron chi connectivity index (χ1n) is 8.97. The van der Waals surface area contributed by atoms with Crippen molar-refractivity contribution in [3.8, 4) is 0 Å². The highest BCUT2D eigenvalue weighted by molar-refractivity contribution is 7.10. The minimum absolute atomic E-state index is 0.106. The monoisotopic (exact) mass is 385 g/mol. The van der Waals surface area contributed by atoms with E-state index in [9.17, 15) is 4.79 Å². The number of amides is 1. The fraction of sp³-hybridized carbons (Fsp3) is 0.350. The number of rotatable bonds is 8.